The zero-order valence-corrected chi connectivity index (χ0v) is 27.4. The Morgan fingerprint density at radius 1 is 1.00 bits per heavy atom. The van der Waals surface area contributed by atoms with Crippen molar-refractivity contribution >= 4 is 83.6 Å². The standard InChI is InChI=1S/C29H36N3O6PS.Ca/c1-21(2)29(38-39(34,35)36)32-26-20-23(10-8-22(26)9-11-28(32)33)37-18-4-3-13-30-14-16-31(17-15-30)25-6-5-7-27-24(25)12-19-40-27;/h5-12,19-21,29H,3-4,13-18H2,1-2H3,(H2,34,35,36);/q;+2/p-2. The van der Waals surface area contributed by atoms with Gasteiger partial charge in [-0.2, -0.15) is 0 Å². The molecule has 1 fully saturated rings. The van der Waals surface area contributed by atoms with Gasteiger partial charge in [0.1, 0.15) is 12.0 Å². The summed E-state index contributed by atoms with van der Waals surface area (Å²) in [6, 6.07) is 17.1. The number of fused-ring (bicyclic) bond motifs is 2. The van der Waals surface area contributed by atoms with Crippen molar-refractivity contribution in [3.05, 3.63) is 70.3 Å². The van der Waals surface area contributed by atoms with Crippen LogP contribution in [0.25, 0.3) is 21.0 Å². The number of hydrogen-bond donors (Lipinski definition) is 0. The van der Waals surface area contributed by atoms with E-state index in [9.17, 15) is 19.1 Å². The van der Waals surface area contributed by atoms with Gasteiger partial charge in [-0.1, -0.05) is 19.9 Å². The van der Waals surface area contributed by atoms with Gasteiger partial charge in [0.25, 0.3) is 5.56 Å². The Morgan fingerprint density at radius 3 is 2.49 bits per heavy atom. The van der Waals surface area contributed by atoms with Gasteiger partial charge in [-0.3, -0.25) is 14.3 Å². The summed E-state index contributed by atoms with van der Waals surface area (Å²) in [5, 5.41) is 4.20. The second-order valence-electron chi connectivity index (χ2n) is 10.4. The van der Waals surface area contributed by atoms with Gasteiger partial charge in [0.15, 0.2) is 0 Å². The maximum absolute atomic E-state index is 12.7. The molecule has 5 rings (SSSR count). The monoisotopic (exact) mass is 623 g/mol. The van der Waals surface area contributed by atoms with E-state index in [1.165, 1.54) is 26.4 Å². The summed E-state index contributed by atoms with van der Waals surface area (Å²) >= 11 is 1.78. The Kier molecular flexibility index (Phi) is 11.4. The number of phosphoric acid groups is 1. The number of benzene rings is 2. The van der Waals surface area contributed by atoms with Gasteiger partial charge in [0.05, 0.1) is 19.9 Å². The second kappa shape index (κ2) is 14.3. The quantitative estimate of drug-likeness (QED) is 0.141. The first-order valence-corrected chi connectivity index (χ1v) is 16.0. The maximum atomic E-state index is 12.7. The first-order valence-electron chi connectivity index (χ1n) is 13.6. The van der Waals surface area contributed by atoms with Crippen molar-refractivity contribution in [2.75, 3.05) is 44.2 Å². The average Bonchev–Trinajstić information content (AvgIpc) is 3.41. The number of rotatable bonds is 11. The topological polar surface area (TPSA) is 110 Å². The number of pyridine rings is 1. The number of unbranched alkanes of at least 4 members (excludes halogenated alkanes) is 1. The molecule has 1 unspecified atom stereocenters. The number of thiophene rings is 1. The van der Waals surface area contributed by atoms with Gasteiger partial charge in [0, 0.05) is 54.1 Å². The molecule has 1 aliphatic heterocycles. The van der Waals surface area contributed by atoms with Crippen molar-refractivity contribution in [3.63, 3.8) is 0 Å². The summed E-state index contributed by atoms with van der Waals surface area (Å²) < 4.78 is 24.7. The number of aromatic nitrogens is 1. The van der Waals surface area contributed by atoms with E-state index < -0.39 is 25.5 Å². The average molecular weight is 624 g/mol. The number of hydrogen-bond acceptors (Lipinski definition) is 9. The molecule has 2 aromatic carbocycles. The molecule has 2 aromatic heterocycles. The molecule has 1 saturated heterocycles. The third kappa shape index (κ3) is 8.13. The van der Waals surface area contributed by atoms with Gasteiger partial charge in [0.2, 0.25) is 0 Å². The Bertz CT molecular complexity index is 1560. The van der Waals surface area contributed by atoms with Crippen LogP contribution in [0.3, 0.4) is 0 Å². The number of nitrogens with zero attached hydrogens (tertiary/aromatic N) is 3. The Morgan fingerprint density at radius 2 is 1.76 bits per heavy atom. The summed E-state index contributed by atoms with van der Waals surface area (Å²) in [6.07, 6.45) is 0.636. The van der Waals surface area contributed by atoms with Crippen LogP contribution in [-0.4, -0.2) is 86.5 Å². The molecule has 0 amide bonds. The van der Waals surface area contributed by atoms with Crippen molar-refractivity contribution in [1.29, 1.82) is 0 Å². The van der Waals surface area contributed by atoms with Crippen molar-refractivity contribution < 1.29 is 23.6 Å². The molecule has 0 radical (unpaired) electrons. The predicted molar refractivity (Wildman–Crippen MR) is 162 cm³/mol. The Labute approximate surface area is 273 Å². The van der Waals surface area contributed by atoms with Crippen molar-refractivity contribution in [2.45, 2.75) is 32.9 Å². The Balaban J connectivity index is 0.00000387. The molecule has 3 heterocycles. The van der Waals surface area contributed by atoms with E-state index in [-0.39, 0.29) is 37.7 Å². The molecule has 4 aromatic rings. The van der Waals surface area contributed by atoms with Crippen LogP contribution in [-0.2, 0) is 9.09 Å². The molecule has 0 saturated carbocycles. The van der Waals surface area contributed by atoms with E-state index in [1.54, 1.807) is 37.3 Å². The first kappa shape index (κ1) is 32.5. The normalized spacial score (nSPS) is 15.4. The minimum atomic E-state index is -5.31. The summed E-state index contributed by atoms with van der Waals surface area (Å²) in [4.78, 5) is 40.4. The number of anilines is 1. The minimum absolute atomic E-state index is 0. The second-order valence-corrected chi connectivity index (χ2v) is 12.5. The molecule has 12 heteroatoms. The largest absolute Gasteiger partial charge is 2.00 e. The SMILES string of the molecule is CC(C)C(OP(=O)([O-])[O-])n1c(=O)ccc2ccc(OCCCCN3CCN(c4cccc5sccc45)CC3)cc21.[Ca+2]. The van der Waals surface area contributed by atoms with Crippen molar-refractivity contribution in [2.24, 2.45) is 5.92 Å². The van der Waals surface area contributed by atoms with Gasteiger partial charge in [-0.05, 0) is 72.5 Å². The first-order chi connectivity index (χ1) is 19.2. The molecule has 0 N–H and O–H groups in total. The third-order valence-electron chi connectivity index (χ3n) is 7.29. The van der Waals surface area contributed by atoms with Crippen LogP contribution < -0.4 is 25.0 Å². The summed E-state index contributed by atoms with van der Waals surface area (Å²) in [6.45, 7) is 8.99. The molecule has 0 spiro atoms. The number of ether oxygens (including phenoxy) is 1. The van der Waals surface area contributed by atoms with Crippen LogP contribution in [0.15, 0.2) is 64.8 Å². The van der Waals surface area contributed by atoms with Crippen molar-refractivity contribution in [1.82, 2.24) is 9.47 Å². The predicted octanol–water partition coefficient (Wildman–Crippen LogP) is 3.82. The smallest absolute Gasteiger partial charge is 0.790 e. The van der Waals surface area contributed by atoms with E-state index in [0.717, 1.165) is 45.6 Å². The fraction of sp³-hybridized carbons (Fsp3) is 0.414. The third-order valence-corrected chi connectivity index (χ3v) is 8.65. The number of piperazine rings is 1. The zero-order valence-electron chi connectivity index (χ0n) is 23.4. The maximum Gasteiger partial charge on any atom is 2.00 e. The fourth-order valence-corrected chi connectivity index (χ4v) is 6.69. The molecular weight excluding hydrogens is 589 g/mol. The molecule has 1 atom stereocenters. The molecule has 214 valence electrons. The van der Waals surface area contributed by atoms with Crippen LogP contribution in [0.2, 0.25) is 0 Å². The van der Waals surface area contributed by atoms with Crippen LogP contribution in [0.5, 0.6) is 5.75 Å². The van der Waals surface area contributed by atoms with Crippen molar-refractivity contribution in [3.8, 4) is 5.75 Å². The number of phosphoric ester groups is 1. The van der Waals surface area contributed by atoms with Crippen LogP contribution in [0.4, 0.5) is 5.69 Å². The molecule has 1 aliphatic rings. The van der Waals surface area contributed by atoms with Crippen LogP contribution in [0, 0.1) is 5.92 Å². The van der Waals surface area contributed by atoms with Gasteiger partial charge in [-0.15, -0.1) is 11.3 Å². The molecule has 0 bridgehead atoms. The molecule has 0 aliphatic carbocycles. The van der Waals surface area contributed by atoms with Gasteiger partial charge >= 0.3 is 37.7 Å². The molecule has 9 nitrogen and oxygen atoms in total. The van der Waals surface area contributed by atoms with Gasteiger partial charge in [-0.25, -0.2) is 0 Å². The van der Waals surface area contributed by atoms with Crippen LogP contribution in [0.1, 0.15) is 32.9 Å². The van der Waals surface area contributed by atoms with E-state index in [2.05, 4.69) is 39.4 Å². The summed E-state index contributed by atoms with van der Waals surface area (Å²) in [5.74, 6) is 0.133. The van der Waals surface area contributed by atoms with E-state index >= 15 is 0 Å². The van der Waals surface area contributed by atoms with E-state index in [4.69, 9.17) is 9.26 Å². The molecular formula is C29H34CaN3O6PS. The van der Waals surface area contributed by atoms with Gasteiger partial charge < -0.3 is 28.5 Å². The Hall–Kier alpha value is -1.46. The summed E-state index contributed by atoms with van der Waals surface area (Å²) in [5.41, 5.74) is 1.33. The van der Waals surface area contributed by atoms with E-state index in [0.29, 0.717) is 23.3 Å². The summed E-state index contributed by atoms with van der Waals surface area (Å²) in [7, 11) is -5.31. The van der Waals surface area contributed by atoms with E-state index in [1.807, 2.05) is 12.1 Å². The molecule has 41 heavy (non-hydrogen) atoms. The minimum Gasteiger partial charge on any atom is -0.790 e. The van der Waals surface area contributed by atoms with Crippen LogP contribution >= 0.6 is 19.2 Å². The zero-order chi connectivity index (χ0) is 28.3. The fourth-order valence-electron chi connectivity index (χ4n) is 5.28.